The third kappa shape index (κ3) is 5.83. The second-order valence-corrected chi connectivity index (χ2v) is 5.42. The molecule has 0 aliphatic rings. The Balaban J connectivity index is 2.55. The van der Waals surface area contributed by atoms with Gasteiger partial charge in [-0.1, -0.05) is 13.0 Å². The van der Waals surface area contributed by atoms with Crippen molar-refractivity contribution in [3.63, 3.8) is 0 Å². The third-order valence-electron chi connectivity index (χ3n) is 3.12. The molecule has 0 saturated heterocycles. The van der Waals surface area contributed by atoms with E-state index < -0.39 is 5.91 Å². The zero-order valence-corrected chi connectivity index (χ0v) is 12.6. The molecule has 21 heavy (non-hydrogen) atoms. The van der Waals surface area contributed by atoms with E-state index in [9.17, 15) is 14.7 Å². The number of primary amides is 1. The molecule has 1 aromatic carbocycles. The lowest BCUT2D eigenvalue weighted by atomic mass is 10.1. The first-order valence-electron chi connectivity index (χ1n) is 6.93. The van der Waals surface area contributed by atoms with Crippen molar-refractivity contribution in [3.05, 3.63) is 29.3 Å². The van der Waals surface area contributed by atoms with E-state index in [0.717, 1.165) is 5.56 Å². The molecule has 116 valence electrons. The van der Waals surface area contributed by atoms with Crippen molar-refractivity contribution in [3.8, 4) is 0 Å². The van der Waals surface area contributed by atoms with Crippen molar-refractivity contribution in [2.45, 2.75) is 33.3 Å². The van der Waals surface area contributed by atoms with Gasteiger partial charge in [0, 0.05) is 17.8 Å². The summed E-state index contributed by atoms with van der Waals surface area (Å²) in [6.07, 6.45) is 0.233. The maximum Gasteiger partial charge on any atom is 0.319 e. The third-order valence-corrected chi connectivity index (χ3v) is 3.12. The molecule has 0 spiro atoms. The van der Waals surface area contributed by atoms with Crippen LogP contribution in [0.5, 0.6) is 0 Å². The second kappa shape index (κ2) is 7.64. The number of carbonyl (C=O) groups is 2. The van der Waals surface area contributed by atoms with Gasteiger partial charge in [0.1, 0.15) is 0 Å². The molecule has 1 aromatic rings. The van der Waals surface area contributed by atoms with Gasteiger partial charge in [-0.2, -0.15) is 0 Å². The Morgan fingerprint density at radius 1 is 1.33 bits per heavy atom. The van der Waals surface area contributed by atoms with Crippen LogP contribution >= 0.6 is 0 Å². The van der Waals surface area contributed by atoms with Gasteiger partial charge in [0.05, 0.1) is 6.10 Å². The van der Waals surface area contributed by atoms with Crippen molar-refractivity contribution in [2.24, 2.45) is 11.7 Å². The van der Waals surface area contributed by atoms with Gasteiger partial charge in [-0.3, -0.25) is 4.79 Å². The molecule has 0 heterocycles. The maximum atomic E-state index is 11.8. The molecule has 0 radical (unpaired) electrons. The second-order valence-electron chi connectivity index (χ2n) is 5.42. The topological polar surface area (TPSA) is 104 Å². The number of nitrogens with one attached hydrogen (secondary N) is 2. The number of benzene rings is 1. The molecule has 0 fully saturated rings. The summed E-state index contributed by atoms with van der Waals surface area (Å²) in [5, 5.41) is 14.6. The van der Waals surface area contributed by atoms with Crippen LogP contribution in [0.3, 0.4) is 0 Å². The predicted octanol–water partition coefficient (Wildman–Crippen LogP) is 1.62. The zero-order chi connectivity index (χ0) is 16.0. The van der Waals surface area contributed by atoms with E-state index >= 15 is 0 Å². The highest BCUT2D eigenvalue weighted by Crippen LogP contribution is 2.14. The molecule has 0 aliphatic carbocycles. The van der Waals surface area contributed by atoms with E-state index in [2.05, 4.69) is 10.6 Å². The highest BCUT2D eigenvalue weighted by atomic mass is 16.3. The van der Waals surface area contributed by atoms with Gasteiger partial charge in [0.15, 0.2) is 0 Å². The number of anilines is 1. The first kappa shape index (κ1) is 17.0. The summed E-state index contributed by atoms with van der Waals surface area (Å²) in [5.74, 6) is -0.350. The van der Waals surface area contributed by atoms with E-state index in [0.29, 0.717) is 24.2 Å². The molecule has 1 rings (SSSR count). The maximum absolute atomic E-state index is 11.8. The van der Waals surface area contributed by atoms with E-state index in [4.69, 9.17) is 5.73 Å². The van der Waals surface area contributed by atoms with Crippen LogP contribution in [0.15, 0.2) is 18.2 Å². The Morgan fingerprint density at radius 3 is 2.57 bits per heavy atom. The average Bonchev–Trinajstić information content (AvgIpc) is 2.37. The van der Waals surface area contributed by atoms with E-state index in [1.165, 1.54) is 0 Å². The average molecular weight is 293 g/mol. The Labute approximate surface area is 124 Å². The number of amides is 3. The van der Waals surface area contributed by atoms with E-state index in [-0.39, 0.29) is 18.1 Å². The molecular weight excluding hydrogens is 270 g/mol. The number of hydrogen-bond acceptors (Lipinski definition) is 3. The number of urea groups is 1. The Morgan fingerprint density at radius 2 is 2.00 bits per heavy atom. The van der Waals surface area contributed by atoms with Gasteiger partial charge in [0.25, 0.3) is 0 Å². The fraction of sp³-hybridized carbons (Fsp3) is 0.467. The highest BCUT2D eigenvalue weighted by molar-refractivity contribution is 5.97. The zero-order valence-electron chi connectivity index (χ0n) is 12.6. The smallest absolute Gasteiger partial charge is 0.319 e. The Kier molecular flexibility index (Phi) is 6.17. The number of aliphatic hydroxyl groups excluding tert-OH is 1. The van der Waals surface area contributed by atoms with Crippen molar-refractivity contribution in [1.29, 1.82) is 0 Å². The first-order valence-corrected chi connectivity index (χ1v) is 6.93. The molecule has 0 bridgehead atoms. The lowest BCUT2D eigenvalue weighted by Crippen LogP contribution is -2.33. The molecule has 6 heteroatoms. The number of rotatable bonds is 6. The largest absolute Gasteiger partial charge is 0.393 e. The van der Waals surface area contributed by atoms with Crippen molar-refractivity contribution < 1.29 is 14.7 Å². The molecule has 2 atom stereocenters. The predicted molar refractivity (Wildman–Crippen MR) is 82.2 cm³/mol. The highest BCUT2D eigenvalue weighted by Gasteiger charge is 2.10. The van der Waals surface area contributed by atoms with Crippen molar-refractivity contribution in [1.82, 2.24) is 5.32 Å². The molecule has 0 aromatic heterocycles. The van der Waals surface area contributed by atoms with Crippen LogP contribution in [0.4, 0.5) is 10.5 Å². The summed E-state index contributed by atoms with van der Waals surface area (Å²) in [6, 6.07) is 4.63. The number of carbonyl (C=O) groups excluding carboxylic acids is 2. The van der Waals surface area contributed by atoms with Gasteiger partial charge in [-0.15, -0.1) is 0 Å². The summed E-state index contributed by atoms with van der Waals surface area (Å²) in [7, 11) is 0. The quantitative estimate of drug-likeness (QED) is 0.640. The monoisotopic (exact) mass is 293 g/mol. The van der Waals surface area contributed by atoms with Crippen LogP contribution in [0.25, 0.3) is 0 Å². The number of aliphatic hydroxyl groups is 1. The molecule has 5 N–H and O–H groups in total. The van der Waals surface area contributed by atoms with Crippen LogP contribution in [0.1, 0.15) is 36.2 Å². The van der Waals surface area contributed by atoms with Gasteiger partial charge in [-0.25, -0.2) is 4.79 Å². The van der Waals surface area contributed by atoms with E-state index in [1.807, 2.05) is 6.92 Å². The molecule has 3 amide bonds. The normalized spacial score (nSPS) is 13.3. The fourth-order valence-electron chi connectivity index (χ4n) is 2.07. The Hall–Kier alpha value is -2.08. The lowest BCUT2D eigenvalue weighted by Gasteiger charge is -2.15. The number of aryl methyl sites for hydroxylation is 1. The van der Waals surface area contributed by atoms with Gasteiger partial charge in [-0.05, 0) is 43.9 Å². The lowest BCUT2D eigenvalue weighted by molar-refractivity contribution is 0.0999. The molecule has 2 unspecified atom stereocenters. The SMILES string of the molecule is Cc1ccc(NC(=O)NCC(C)CC(C)O)cc1C(N)=O. The summed E-state index contributed by atoms with van der Waals surface area (Å²) >= 11 is 0. The van der Waals surface area contributed by atoms with Crippen LogP contribution < -0.4 is 16.4 Å². The minimum atomic E-state index is -0.526. The summed E-state index contributed by atoms with van der Waals surface area (Å²) in [4.78, 5) is 23.0. The van der Waals surface area contributed by atoms with E-state index in [1.54, 1.807) is 32.0 Å². The minimum Gasteiger partial charge on any atom is -0.393 e. The van der Waals surface area contributed by atoms with Gasteiger partial charge >= 0.3 is 6.03 Å². The van der Waals surface area contributed by atoms with Gasteiger partial charge < -0.3 is 21.5 Å². The molecule has 0 saturated carbocycles. The van der Waals surface area contributed by atoms with Crippen molar-refractivity contribution in [2.75, 3.05) is 11.9 Å². The van der Waals surface area contributed by atoms with Crippen LogP contribution in [-0.4, -0.2) is 29.7 Å². The number of nitrogens with two attached hydrogens (primary N) is 1. The fourth-order valence-corrected chi connectivity index (χ4v) is 2.07. The number of hydrogen-bond donors (Lipinski definition) is 4. The summed E-state index contributed by atoms with van der Waals surface area (Å²) in [5.41, 5.74) is 6.92. The standard InChI is InChI=1S/C15H23N3O3/c1-9(6-11(3)19)8-17-15(21)18-12-5-4-10(2)13(7-12)14(16)20/h4-5,7,9,11,19H,6,8H2,1-3H3,(H2,16,20)(H2,17,18,21). The van der Waals surface area contributed by atoms with Gasteiger partial charge in [0.2, 0.25) is 5.91 Å². The van der Waals surface area contributed by atoms with Crippen molar-refractivity contribution >= 4 is 17.6 Å². The van der Waals surface area contributed by atoms with Crippen LogP contribution in [-0.2, 0) is 0 Å². The molecular formula is C15H23N3O3. The Bertz CT molecular complexity index is 515. The first-order chi connectivity index (χ1) is 9.79. The van der Waals surface area contributed by atoms with Crippen LogP contribution in [0, 0.1) is 12.8 Å². The van der Waals surface area contributed by atoms with Crippen LogP contribution in [0.2, 0.25) is 0 Å². The summed E-state index contributed by atoms with van der Waals surface area (Å²) < 4.78 is 0. The minimum absolute atomic E-state index is 0.176. The molecule has 0 aliphatic heterocycles. The summed E-state index contributed by atoms with van der Waals surface area (Å²) in [6.45, 7) is 5.91. The molecule has 6 nitrogen and oxygen atoms in total.